The number of nitrogens with zero attached hydrogens (tertiary/aromatic N) is 6. The number of piperazine rings is 1. The molecule has 7 rings (SSSR count). The van der Waals surface area contributed by atoms with Gasteiger partial charge in [-0.3, -0.25) is 4.79 Å². The van der Waals surface area contributed by atoms with Crippen LogP contribution >= 0.6 is 0 Å². The zero-order valence-corrected chi connectivity index (χ0v) is 22.3. The third kappa shape index (κ3) is 4.18. The lowest BCUT2D eigenvalue weighted by Gasteiger charge is -2.33. The maximum absolute atomic E-state index is 13.5. The van der Waals surface area contributed by atoms with E-state index in [1.807, 2.05) is 49.5 Å². The zero-order valence-electron chi connectivity index (χ0n) is 22.3. The summed E-state index contributed by atoms with van der Waals surface area (Å²) in [5.41, 5.74) is 12.8. The second-order valence-electron chi connectivity index (χ2n) is 10.4. The van der Waals surface area contributed by atoms with Crippen LogP contribution in [0.5, 0.6) is 0 Å². The highest BCUT2D eigenvalue weighted by molar-refractivity contribution is 6.12. The monoisotopic (exact) mass is 531 g/mol. The van der Waals surface area contributed by atoms with Crippen molar-refractivity contribution in [3.63, 3.8) is 0 Å². The first-order valence-electron chi connectivity index (χ1n) is 13.3. The van der Waals surface area contributed by atoms with Crippen LogP contribution in [0.4, 0.5) is 11.6 Å². The van der Waals surface area contributed by atoms with Gasteiger partial charge in [-0.15, -0.1) is 0 Å². The summed E-state index contributed by atoms with van der Waals surface area (Å²) < 4.78 is 1.57. The van der Waals surface area contributed by atoms with E-state index in [2.05, 4.69) is 60.1 Å². The van der Waals surface area contributed by atoms with Gasteiger partial charge < -0.3 is 25.5 Å². The summed E-state index contributed by atoms with van der Waals surface area (Å²) in [6, 6.07) is 17.9. The van der Waals surface area contributed by atoms with Crippen molar-refractivity contribution in [1.82, 2.24) is 34.6 Å². The molecule has 200 valence electrons. The molecule has 0 spiro atoms. The molecule has 40 heavy (non-hydrogen) atoms. The summed E-state index contributed by atoms with van der Waals surface area (Å²) in [5.74, 6) is 1.90. The Bertz CT molecular complexity index is 1890. The third-order valence-corrected chi connectivity index (χ3v) is 7.65. The number of nitrogens with two attached hydrogens (primary N) is 1. The van der Waals surface area contributed by atoms with Gasteiger partial charge in [0.15, 0.2) is 0 Å². The van der Waals surface area contributed by atoms with Crippen LogP contribution in [-0.2, 0) is 0 Å². The molecule has 1 aliphatic heterocycles. The molecule has 4 N–H and O–H groups in total. The SMILES string of the molecule is Cc1nc2ccc(-n3ncc(C(=O)c4cc5ccc(-c6ccnc(N7CCN(C)CC7)c6)cc5[nH]4)c3N)cc2[nH]1. The summed E-state index contributed by atoms with van der Waals surface area (Å²) >= 11 is 0. The Balaban J connectivity index is 1.16. The number of hydrogen-bond acceptors (Lipinski definition) is 7. The van der Waals surface area contributed by atoms with Crippen LogP contribution in [0.2, 0.25) is 0 Å². The number of ketones is 1. The first kappa shape index (κ1) is 24.1. The van der Waals surface area contributed by atoms with Gasteiger partial charge in [-0.2, -0.15) is 5.10 Å². The standard InChI is InChI=1S/C30H29N9O/c1-18-34-24-6-5-22(16-26(24)35-18)39-30(31)23(17-33-39)29(40)27-14-21-4-3-19(13-25(21)36-27)20-7-8-32-28(15-20)38-11-9-37(2)10-12-38/h3-8,13-17,36H,9-12,31H2,1-2H3,(H,34,35). The maximum atomic E-state index is 13.5. The Kier molecular flexibility index (Phi) is 5.64. The number of benzene rings is 2. The summed E-state index contributed by atoms with van der Waals surface area (Å²) in [5, 5.41) is 5.37. The van der Waals surface area contributed by atoms with E-state index < -0.39 is 0 Å². The summed E-state index contributed by atoms with van der Waals surface area (Å²) in [7, 11) is 2.15. The molecular formula is C30H29N9O. The molecule has 1 aliphatic rings. The van der Waals surface area contributed by atoms with E-state index in [0.29, 0.717) is 11.3 Å². The summed E-state index contributed by atoms with van der Waals surface area (Å²) in [6.07, 6.45) is 3.39. The number of pyridine rings is 1. The first-order valence-corrected chi connectivity index (χ1v) is 13.3. The van der Waals surface area contributed by atoms with Gasteiger partial charge in [0.1, 0.15) is 17.5 Å². The lowest BCUT2D eigenvalue weighted by Crippen LogP contribution is -2.44. The number of hydrogen-bond donors (Lipinski definition) is 3. The van der Waals surface area contributed by atoms with Gasteiger partial charge in [0.2, 0.25) is 5.78 Å². The van der Waals surface area contributed by atoms with Gasteiger partial charge in [0.25, 0.3) is 0 Å². The molecule has 0 aliphatic carbocycles. The van der Waals surface area contributed by atoms with E-state index in [1.54, 1.807) is 4.68 Å². The molecule has 1 saturated heterocycles. The minimum absolute atomic E-state index is 0.207. The smallest absolute Gasteiger partial charge is 0.214 e. The predicted molar refractivity (Wildman–Crippen MR) is 157 cm³/mol. The number of rotatable bonds is 5. The van der Waals surface area contributed by atoms with E-state index in [9.17, 15) is 4.79 Å². The van der Waals surface area contributed by atoms with Crippen molar-refractivity contribution < 1.29 is 4.79 Å². The molecule has 0 radical (unpaired) electrons. The number of anilines is 2. The average molecular weight is 532 g/mol. The molecule has 1 fully saturated rings. The molecule has 0 unspecified atom stereocenters. The highest BCUT2D eigenvalue weighted by Gasteiger charge is 2.21. The van der Waals surface area contributed by atoms with Crippen LogP contribution in [0, 0.1) is 6.92 Å². The quantitative estimate of drug-likeness (QED) is 0.285. The molecule has 0 saturated carbocycles. The molecule has 6 aromatic rings. The fourth-order valence-electron chi connectivity index (χ4n) is 5.38. The van der Waals surface area contributed by atoms with Crippen LogP contribution in [0.1, 0.15) is 21.9 Å². The van der Waals surface area contributed by atoms with Crippen molar-refractivity contribution in [1.29, 1.82) is 0 Å². The van der Waals surface area contributed by atoms with Crippen LogP contribution in [-0.4, -0.2) is 73.6 Å². The Labute approximate surface area is 230 Å². The lowest BCUT2D eigenvalue weighted by atomic mass is 10.0. The highest BCUT2D eigenvalue weighted by atomic mass is 16.1. The summed E-state index contributed by atoms with van der Waals surface area (Å²) in [4.78, 5) is 33.7. The topological polar surface area (TPSA) is 125 Å². The number of fused-ring (bicyclic) bond motifs is 2. The maximum Gasteiger partial charge on any atom is 0.214 e. The van der Waals surface area contributed by atoms with Crippen molar-refractivity contribution in [2.75, 3.05) is 43.9 Å². The number of aromatic amines is 2. The second kappa shape index (κ2) is 9.35. The largest absolute Gasteiger partial charge is 0.383 e. The predicted octanol–water partition coefficient (Wildman–Crippen LogP) is 4.17. The minimum Gasteiger partial charge on any atom is -0.383 e. The normalized spacial score (nSPS) is 14.4. The van der Waals surface area contributed by atoms with E-state index in [0.717, 1.165) is 76.6 Å². The van der Waals surface area contributed by atoms with Crippen molar-refractivity contribution in [3.8, 4) is 16.8 Å². The Morgan fingerprint density at radius 2 is 1.75 bits per heavy atom. The second-order valence-corrected chi connectivity index (χ2v) is 10.4. The highest BCUT2D eigenvalue weighted by Crippen LogP contribution is 2.29. The van der Waals surface area contributed by atoms with Crippen molar-refractivity contribution in [3.05, 3.63) is 84.1 Å². The van der Waals surface area contributed by atoms with Crippen molar-refractivity contribution in [2.24, 2.45) is 0 Å². The summed E-state index contributed by atoms with van der Waals surface area (Å²) in [6.45, 7) is 5.89. The van der Waals surface area contributed by atoms with E-state index in [4.69, 9.17) is 5.73 Å². The molecule has 0 atom stereocenters. The molecule has 10 heteroatoms. The Morgan fingerprint density at radius 3 is 2.60 bits per heavy atom. The van der Waals surface area contributed by atoms with Gasteiger partial charge in [-0.1, -0.05) is 12.1 Å². The van der Waals surface area contributed by atoms with E-state index in [-0.39, 0.29) is 11.6 Å². The number of carbonyl (C=O) groups excluding carboxylic acids is 1. The Hall–Kier alpha value is -4.96. The molecule has 0 bridgehead atoms. The van der Waals surface area contributed by atoms with Crippen molar-refractivity contribution in [2.45, 2.75) is 6.92 Å². The zero-order chi connectivity index (χ0) is 27.4. The molecule has 2 aromatic carbocycles. The molecule has 10 nitrogen and oxygen atoms in total. The molecule has 4 aromatic heterocycles. The third-order valence-electron chi connectivity index (χ3n) is 7.65. The van der Waals surface area contributed by atoms with Crippen LogP contribution in [0.15, 0.2) is 67.0 Å². The van der Waals surface area contributed by atoms with Crippen LogP contribution < -0.4 is 10.6 Å². The lowest BCUT2D eigenvalue weighted by molar-refractivity contribution is 0.103. The number of imidazole rings is 1. The number of nitrogens with one attached hydrogen (secondary N) is 2. The fourth-order valence-corrected chi connectivity index (χ4v) is 5.38. The van der Waals surface area contributed by atoms with Gasteiger partial charge in [0, 0.05) is 43.3 Å². The average Bonchev–Trinajstić information content (AvgIpc) is 3.67. The van der Waals surface area contributed by atoms with Gasteiger partial charge in [-0.25, -0.2) is 14.6 Å². The van der Waals surface area contributed by atoms with E-state index >= 15 is 0 Å². The minimum atomic E-state index is -0.207. The first-order chi connectivity index (χ1) is 19.4. The molecule has 0 amide bonds. The molecular weight excluding hydrogens is 502 g/mol. The van der Waals surface area contributed by atoms with Gasteiger partial charge in [-0.05, 0) is 67.6 Å². The van der Waals surface area contributed by atoms with Crippen LogP contribution in [0.3, 0.4) is 0 Å². The van der Waals surface area contributed by atoms with Gasteiger partial charge >= 0.3 is 0 Å². The Morgan fingerprint density at radius 1 is 0.925 bits per heavy atom. The van der Waals surface area contributed by atoms with Crippen molar-refractivity contribution >= 4 is 39.4 Å². The van der Waals surface area contributed by atoms with E-state index in [1.165, 1.54) is 6.20 Å². The number of H-pyrrole nitrogens is 2. The number of aromatic nitrogens is 6. The number of nitrogen functional groups attached to an aromatic ring is 1. The number of carbonyl (C=O) groups is 1. The van der Waals surface area contributed by atoms with Gasteiger partial charge in [0.05, 0.1) is 34.2 Å². The molecule has 5 heterocycles. The van der Waals surface area contributed by atoms with Crippen LogP contribution in [0.25, 0.3) is 38.8 Å². The number of aryl methyl sites for hydroxylation is 1. The number of likely N-dealkylation sites (N-methyl/N-ethyl adjacent to an activating group) is 1. The fraction of sp³-hybridized carbons (Fsp3) is 0.200.